The zero-order valence-electron chi connectivity index (χ0n) is 18.3. The summed E-state index contributed by atoms with van der Waals surface area (Å²) in [7, 11) is 0. The van der Waals surface area contributed by atoms with Gasteiger partial charge in [-0.2, -0.15) is 0 Å². The highest BCUT2D eigenvalue weighted by Crippen LogP contribution is 2.32. The normalized spacial score (nSPS) is 12.8. The van der Waals surface area contributed by atoms with Crippen molar-refractivity contribution in [2.24, 2.45) is 0 Å². The molecule has 7 heteroatoms. The summed E-state index contributed by atoms with van der Waals surface area (Å²) in [6.45, 7) is 2.30. The van der Waals surface area contributed by atoms with E-state index in [4.69, 9.17) is 21.1 Å². The first-order valence-corrected chi connectivity index (χ1v) is 11.1. The fourth-order valence-electron chi connectivity index (χ4n) is 3.77. The van der Waals surface area contributed by atoms with E-state index in [0.29, 0.717) is 36.0 Å². The quantitative estimate of drug-likeness (QED) is 0.538. The fraction of sp³-hybridized carbons (Fsp3) is 0.231. The molecule has 0 aromatic heterocycles. The van der Waals surface area contributed by atoms with Crippen LogP contribution in [0, 0.1) is 0 Å². The summed E-state index contributed by atoms with van der Waals surface area (Å²) in [6, 6.07) is 21.9. The topological polar surface area (TPSA) is 67.9 Å². The molecule has 6 nitrogen and oxygen atoms in total. The van der Waals surface area contributed by atoms with E-state index in [0.717, 1.165) is 16.7 Å². The number of halogens is 1. The minimum atomic E-state index is -0.672. The molecule has 0 radical (unpaired) electrons. The number of nitrogens with zero attached hydrogens (tertiary/aromatic N) is 1. The number of carbonyl (C=O) groups excluding carboxylic acids is 2. The van der Waals surface area contributed by atoms with Crippen LogP contribution >= 0.6 is 11.6 Å². The van der Waals surface area contributed by atoms with Gasteiger partial charge in [-0.25, -0.2) is 0 Å². The Hall–Kier alpha value is -3.51. The van der Waals surface area contributed by atoms with Crippen LogP contribution in [0.25, 0.3) is 0 Å². The predicted octanol–water partition coefficient (Wildman–Crippen LogP) is 4.34. The summed E-state index contributed by atoms with van der Waals surface area (Å²) < 4.78 is 10.8. The molecule has 1 aliphatic heterocycles. The summed E-state index contributed by atoms with van der Waals surface area (Å²) in [5, 5.41) is 3.61. The van der Waals surface area contributed by atoms with Gasteiger partial charge in [0.05, 0.1) is 0 Å². The van der Waals surface area contributed by atoms with Crippen LogP contribution in [0.4, 0.5) is 0 Å². The molecule has 0 saturated carbocycles. The zero-order valence-corrected chi connectivity index (χ0v) is 19.0. The summed E-state index contributed by atoms with van der Waals surface area (Å²) in [5.41, 5.74) is 2.76. The Balaban J connectivity index is 1.53. The Kier molecular flexibility index (Phi) is 7.15. The number of amides is 2. The van der Waals surface area contributed by atoms with E-state index in [-0.39, 0.29) is 18.6 Å². The number of nitrogens with one attached hydrogen (secondary N) is 1. The van der Waals surface area contributed by atoms with Gasteiger partial charge in [0.15, 0.2) is 11.5 Å². The lowest BCUT2D eigenvalue weighted by Gasteiger charge is -2.30. The summed E-state index contributed by atoms with van der Waals surface area (Å²) in [6.07, 6.45) is 0.404. The molecule has 0 unspecified atom stereocenters. The molecule has 0 saturated heterocycles. The molecule has 170 valence electrons. The van der Waals surface area contributed by atoms with Gasteiger partial charge < -0.3 is 19.7 Å². The summed E-state index contributed by atoms with van der Waals surface area (Å²) >= 11 is 6.00. The lowest BCUT2D eigenvalue weighted by molar-refractivity contribution is -0.139. The molecule has 33 heavy (non-hydrogen) atoms. The van der Waals surface area contributed by atoms with E-state index in [1.165, 1.54) is 6.92 Å². The highest BCUT2D eigenvalue weighted by molar-refractivity contribution is 6.30. The Morgan fingerprint density at radius 1 is 0.939 bits per heavy atom. The average Bonchev–Trinajstić information content (AvgIpc) is 3.29. The molecule has 1 N–H and O–H groups in total. The predicted molar refractivity (Wildman–Crippen MR) is 126 cm³/mol. The monoisotopic (exact) mass is 464 g/mol. The van der Waals surface area contributed by atoms with E-state index >= 15 is 0 Å². The molecule has 2 amide bonds. The van der Waals surface area contributed by atoms with E-state index in [1.54, 1.807) is 17.0 Å². The number of fused-ring (bicyclic) bond motifs is 1. The second-order valence-electron chi connectivity index (χ2n) is 7.88. The maximum atomic E-state index is 13.4. The molecule has 4 rings (SSSR count). The Labute approximate surface area is 198 Å². The van der Waals surface area contributed by atoms with Gasteiger partial charge in [0, 0.05) is 31.5 Å². The molecular weight excluding hydrogens is 440 g/mol. The van der Waals surface area contributed by atoms with Crippen LogP contribution in [0.3, 0.4) is 0 Å². The van der Waals surface area contributed by atoms with Crippen molar-refractivity contribution in [3.63, 3.8) is 0 Å². The number of hydrogen-bond donors (Lipinski definition) is 1. The van der Waals surface area contributed by atoms with Gasteiger partial charge in [0.25, 0.3) is 0 Å². The first-order chi connectivity index (χ1) is 16.0. The molecule has 3 aromatic carbocycles. The first-order valence-electron chi connectivity index (χ1n) is 10.7. The summed E-state index contributed by atoms with van der Waals surface area (Å²) in [5.74, 6) is 0.957. The standard InChI is InChI=1S/C26H25ClN2O4/c1-18(30)29(16-20-7-10-22(27)11-8-20)23(13-19-5-3-2-4-6-19)26(31)28-15-21-9-12-24-25(14-21)33-17-32-24/h2-12,14,23H,13,15-17H2,1H3,(H,28,31)/t23-/m1/s1. The number of rotatable bonds is 8. The number of benzene rings is 3. The van der Waals surface area contributed by atoms with Gasteiger partial charge in [-0.1, -0.05) is 60.1 Å². The summed E-state index contributed by atoms with van der Waals surface area (Å²) in [4.78, 5) is 27.6. The number of ether oxygens (including phenoxy) is 2. The largest absolute Gasteiger partial charge is 0.454 e. The van der Waals surface area contributed by atoms with Crippen molar-refractivity contribution in [2.45, 2.75) is 32.5 Å². The third kappa shape index (κ3) is 5.84. The molecule has 0 fully saturated rings. The molecular formula is C26H25ClN2O4. The van der Waals surface area contributed by atoms with E-state index < -0.39 is 6.04 Å². The molecule has 1 atom stereocenters. The Bertz CT molecular complexity index is 1120. The molecule has 1 heterocycles. The van der Waals surface area contributed by atoms with Crippen LogP contribution in [0.5, 0.6) is 11.5 Å². The average molecular weight is 465 g/mol. The van der Waals surface area contributed by atoms with Crippen molar-refractivity contribution in [2.75, 3.05) is 6.79 Å². The first kappa shape index (κ1) is 22.7. The van der Waals surface area contributed by atoms with Gasteiger partial charge in [-0.15, -0.1) is 0 Å². The van der Waals surface area contributed by atoms with Crippen LogP contribution in [0.15, 0.2) is 72.8 Å². The minimum absolute atomic E-state index is 0.177. The van der Waals surface area contributed by atoms with Gasteiger partial charge in [0.2, 0.25) is 18.6 Å². The lowest BCUT2D eigenvalue weighted by Crippen LogP contribution is -2.49. The third-order valence-electron chi connectivity index (χ3n) is 5.53. The van der Waals surface area contributed by atoms with Crippen LogP contribution < -0.4 is 14.8 Å². The SMILES string of the molecule is CC(=O)N(Cc1ccc(Cl)cc1)[C@H](Cc1ccccc1)C(=O)NCc1ccc2c(c1)OCO2. The Morgan fingerprint density at radius 3 is 2.36 bits per heavy atom. The van der Waals surface area contributed by atoms with E-state index in [9.17, 15) is 9.59 Å². The lowest BCUT2D eigenvalue weighted by atomic mass is 10.0. The molecule has 0 spiro atoms. The zero-order chi connectivity index (χ0) is 23.2. The minimum Gasteiger partial charge on any atom is -0.454 e. The van der Waals surface area contributed by atoms with Gasteiger partial charge in [-0.3, -0.25) is 9.59 Å². The van der Waals surface area contributed by atoms with Gasteiger partial charge in [0.1, 0.15) is 6.04 Å². The Morgan fingerprint density at radius 2 is 1.64 bits per heavy atom. The molecule has 0 aliphatic carbocycles. The van der Waals surface area contributed by atoms with Crippen LogP contribution in [-0.2, 0) is 29.1 Å². The second kappa shape index (κ2) is 10.4. The van der Waals surface area contributed by atoms with Crippen LogP contribution in [0.1, 0.15) is 23.6 Å². The molecule has 0 bridgehead atoms. The maximum absolute atomic E-state index is 13.4. The second-order valence-corrected chi connectivity index (χ2v) is 8.32. The fourth-order valence-corrected chi connectivity index (χ4v) is 3.89. The molecule has 3 aromatic rings. The highest BCUT2D eigenvalue weighted by Gasteiger charge is 2.28. The number of carbonyl (C=O) groups is 2. The van der Waals surface area contributed by atoms with Crippen LogP contribution in [-0.4, -0.2) is 29.5 Å². The smallest absolute Gasteiger partial charge is 0.243 e. The van der Waals surface area contributed by atoms with E-state index in [2.05, 4.69) is 5.32 Å². The maximum Gasteiger partial charge on any atom is 0.243 e. The van der Waals surface area contributed by atoms with Crippen molar-refractivity contribution in [3.8, 4) is 11.5 Å². The van der Waals surface area contributed by atoms with Crippen molar-refractivity contribution >= 4 is 23.4 Å². The number of hydrogen-bond acceptors (Lipinski definition) is 4. The molecule has 1 aliphatic rings. The van der Waals surface area contributed by atoms with Crippen molar-refractivity contribution in [3.05, 3.63) is 94.5 Å². The van der Waals surface area contributed by atoms with E-state index in [1.807, 2.05) is 60.7 Å². The van der Waals surface area contributed by atoms with Crippen molar-refractivity contribution in [1.82, 2.24) is 10.2 Å². The van der Waals surface area contributed by atoms with Crippen molar-refractivity contribution in [1.29, 1.82) is 0 Å². The van der Waals surface area contributed by atoms with Crippen molar-refractivity contribution < 1.29 is 19.1 Å². The third-order valence-corrected chi connectivity index (χ3v) is 5.78. The highest BCUT2D eigenvalue weighted by atomic mass is 35.5. The van der Waals surface area contributed by atoms with Gasteiger partial charge >= 0.3 is 0 Å². The van der Waals surface area contributed by atoms with Gasteiger partial charge in [-0.05, 0) is 41.0 Å². The van der Waals surface area contributed by atoms with Crippen LogP contribution in [0.2, 0.25) is 5.02 Å².